The summed E-state index contributed by atoms with van der Waals surface area (Å²) in [5.74, 6) is -0.856. The molecule has 0 radical (unpaired) electrons. The Hall–Kier alpha value is -1.87. The quantitative estimate of drug-likeness (QED) is 0.869. The minimum atomic E-state index is -0.511. The van der Waals surface area contributed by atoms with Crippen molar-refractivity contribution in [1.29, 1.82) is 0 Å². The van der Waals surface area contributed by atoms with Crippen molar-refractivity contribution >= 4 is 23.2 Å². The van der Waals surface area contributed by atoms with E-state index in [4.69, 9.17) is 11.6 Å². The number of halogens is 2. The maximum absolute atomic E-state index is 13.6. The summed E-state index contributed by atoms with van der Waals surface area (Å²) in [7, 11) is 0. The zero-order chi connectivity index (χ0) is 14.0. The Kier molecular flexibility index (Phi) is 3.86. The van der Waals surface area contributed by atoms with Gasteiger partial charge in [0.05, 0.1) is 5.69 Å². The smallest absolute Gasteiger partial charge is 0.256 e. The first-order valence-corrected chi connectivity index (χ1v) is 6.19. The summed E-state index contributed by atoms with van der Waals surface area (Å²) in [6.45, 7) is 3.73. The number of aryl methyl sites for hydroxylation is 2. The summed E-state index contributed by atoms with van der Waals surface area (Å²) in [6.07, 6.45) is 0. The summed E-state index contributed by atoms with van der Waals surface area (Å²) in [4.78, 5) is 12.1. The van der Waals surface area contributed by atoms with Gasteiger partial charge in [0, 0.05) is 10.6 Å². The van der Waals surface area contributed by atoms with E-state index < -0.39 is 5.82 Å². The zero-order valence-electron chi connectivity index (χ0n) is 10.6. The van der Waals surface area contributed by atoms with Gasteiger partial charge in [-0.25, -0.2) is 4.39 Å². The van der Waals surface area contributed by atoms with Crippen LogP contribution in [0.15, 0.2) is 36.4 Å². The molecule has 0 saturated heterocycles. The normalized spacial score (nSPS) is 10.3. The molecule has 4 heteroatoms. The van der Waals surface area contributed by atoms with E-state index in [0.717, 1.165) is 11.1 Å². The van der Waals surface area contributed by atoms with Crippen LogP contribution in [0.25, 0.3) is 0 Å². The van der Waals surface area contributed by atoms with Crippen LogP contribution in [0.3, 0.4) is 0 Å². The Morgan fingerprint density at radius 2 is 1.89 bits per heavy atom. The average molecular weight is 278 g/mol. The van der Waals surface area contributed by atoms with Crippen LogP contribution < -0.4 is 5.32 Å². The van der Waals surface area contributed by atoms with E-state index in [1.165, 1.54) is 18.2 Å². The minimum absolute atomic E-state index is 0.0819. The van der Waals surface area contributed by atoms with Gasteiger partial charge in [0.1, 0.15) is 5.82 Å². The molecule has 0 unspecified atom stereocenters. The number of hydrogen-bond donors (Lipinski definition) is 1. The van der Waals surface area contributed by atoms with Gasteiger partial charge in [-0.3, -0.25) is 4.79 Å². The van der Waals surface area contributed by atoms with Crippen molar-refractivity contribution in [3.05, 3.63) is 63.9 Å². The van der Waals surface area contributed by atoms with Gasteiger partial charge in [-0.05, 0) is 43.7 Å². The number of amides is 1. The molecule has 0 fully saturated rings. The Balaban J connectivity index is 2.30. The Bertz CT molecular complexity index is 640. The van der Waals surface area contributed by atoms with Gasteiger partial charge in [-0.15, -0.1) is 0 Å². The molecule has 0 aliphatic rings. The van der Waals surface area contributed by atoms with Gasteiger partial charge in [0.25, 0.3) is 5.91 Å². The van der Waals surface area contributed by atoms with Crippen molar-refractivity contribution in [2.24, 2.45) is 0 Å². The summed E-state index contributed by atoms with van der Waals surface area (Å²) in [5, 5.41) is 2.91. The third-order valence-electron chi connectivity index (χ3n) is 2.81. The van der Waals surface area contributed by atoms with E-state index in [0.29, 0.717) is 10.6 Å². The van der Waals surface area contributed by atoms with E-state index in [2.05, 4.69) is 5.32 Å². The van der Waals surface area contributed by atoms with Crippen LogP contribution in [0.1, 0.15) is 21.5 Å². The van der Waals surface area contributed by atoms with Gasteiger partial charge in [0.15, 0.2) is 0 Å². The van der Waals surface area contributed by atoms with Gasteiger partial charge < -0.3 is 5.32 Å². The van der Waals surface area contributed by atoms with Gasteiger partial charge in [-0.1, -0.05) is 29.3 Å². The predicted octanol–water partition coefficient (Wildman–Crippen LogP) is 4.35. The molecule has 0 heterocycles. The molecule has 1 N–H and O–H groups in total. The van der Waals surface area contributed by atoms with Gasteiger partial charge >= 0.3 is 0 Å². The van der Waals surface area contributed by atoms with E-state index in [1.807, 2.05) is 26.0 Å². The number of carbonyl (C=O) groups excluding carboxylic acids is 1. The lowest BCUT2D eigenvalue weighted by Gasteiger charge is -2.09. The Labute approximate surface area is 116 Å². The molecule has 2 rings (SSSR count). The van der Waals surface area contributed by atoms with Crippen LogP contribution >= 0.6 is 11.6 Å². The fraction of sp³-hybridized carbons (Fsp3) is 0.133. The summed E-state index contributed by atoms with van der Waals surface area (Å²) in [5.41, 5.74) is 2.42. The molecule has 2 aromatic carbocycles. The largest absolute Gasteiger partial charge is 0.319 e. The van der Waals surface area contributed by atoms with Gasteiger partial charge in [-0.2, -0.15) is 0 Å². The molecule has 0 aliphatic heterocycles. The van der Waals surface area contributed by atoms with Crippen molar-refractivity contribution in [1.82, 2.24) is 0 Å². The van der Waals surface area contributed by atoms with Crippen molar-refractivity contribution < 1.29 is 9.18 Å². The van der Waals surface area contributed by atoms with E-state index in [-0.39, 0.29) is 11.6 Å². The van der Waals surface area contributed by atoms with Crippen LogP contribution in [0.2, 0.25) is 5.02 Å². The van der Waals surface area contributed by atoms with Crippen LogP contribution in [0, 0.1) is 19.7 Å². The fourth-order valence-corrected chi connectivity index (χ4v) is 1.94. The minimum Gasteiger partial charge on any atom is -0.319 e. The van der Waals surface area contributed by atoms with Crippen LogP contribution in [0.4, 0.5) is 10.1 Å². The van der Waals surface area contributed by atoms with Crippen molar-refractivity contribution in [3.8, 4) is 0 Å². The molecular weight excluding hydrogens is 265 g/mol. The highest BCUT2D eigenvalue weighted by Gasteiger charge is 2.12. The molecule has 0 aliphatic carbocycles. The number of nitrogens with one attached hydrogen (secondary N) is 1. The second-order valence-electron chi connectivity index (χ2n) is 4.40. The predicted molar refractivity (Wildman–Crippen MR) is 75.3 cm³/mol. The van der Waals surface area contributed by atoms with E-state index in [9.17, 15) is 9.18 Å². The molecule has 0 atom stereocenters. The average Bonchev–Trinajstić information content (AvgIpc) is 2.36. The molecule has 98 valence electrons. The number of hydrogen-bond acceptors (Lipinski definition) is 1. The molecule has 2 nitrogen and oxygen atoms in total. The fourth-order valence-electron chi connectivity index (χ4n) is 1.76. The number of benzene rings is 2. The first kappa shape index (κ1) is 13.6. The third kappa shape index (κ3) is 3.12. The second-order valence-corrected chi connectivity index (χ2v) is 4.83. The summed E-state index contributed by atoms with van der Waals surface area (Å²) < 4.78 is 13.6. The lowest BCUT2D eigenvalue weighted by atomic mass is 10.1. The number of carbonyl (C=O) groups is 1. The number of anilines is 1. The topological polar surface area (TPSA) is 29.1 Å². The number of rotatable bonds is 2. The lowest BCUT2D eigenvalue weighted by Crippen LogP contribution is -2.14. The van der Waals surface area contributed by atoms with Crippen molar-refractivity contribution in [3.63, 3.8) is 0 Å². The Morgan fingerprint density at radius 1 is 1.16 bits per heavy atom. The van der Waals surface area contributed by atoms with Crippen LogP contribution in [-0.4, -0.2) is 5.91 Å². The Morgan fingerprint density at radius 3 is 2.63 bits per heavy atom. The molecule has 0 saturated carbocycles. The molecular formula is C15H13ClFNO. The van der Waals surface area contributed by atoms with E-state index in [1.54, 1.807) is 6.07 Å². The first-order valence-electron chi connectivity index (χ1n) is 5.81. The summed E-state index contributed by atoms with van der Waals surface area (Å²) >= 11 is 5.78. The van der Waals surface area contributed by atoms with E-state index >= 15 is 0 Å². The molecule has 0 spiro atoms. The molecule has 0 bridgehead atoms. The standard InChI is InChI=1S/C15H13ClFNO/c1-9-3-4-10(2)12(7-9)15(19)18-14-8-11(16)5-6-13(14)17/h3-8H,1-2H3,(H,18,19). The second kappa shape index (κ2) is 5.41. The van der Waals surface area contributed by atoms with Crippen LogP contribution in [0.5, 0.6) is 0 Å². The molecule has 1 amide bonds. The first-order chi connectivity index (χ1) is 8.97. The molecule has 19 heavy (non-hydrogen) atoms. The molecule has 2 aromatic rings. The van der Waals surface area contributed by atoms with Crippen molar-refractivity contribution in [2.75, 3.05) is 5.32 Å². The highest BCUT2D eigenvalue weighted by Crippen LogP contribution is 2.21. The lowest BCUT2D eigenvalue weighted by molar-refractivity contribution is 0.102. The third-order valence-corrected chi connectivity index (χ3v) is 3.05. The van der Waals surface area contributed by atoms with Crippen molar-refractivity contribution in [2.45, 2.75) is 13.8 Å². The maximum Gasteiger partial charge on any atom is 0.256 e. The summed E-state index contributed by atoms with van der Waals surface area (Å²) in [6, 6.07) is 9.60. The highest BCUT2D eigenvalue weighted by atomic mass is 35.5. The molecule has 0 aromatic heterocycles. The maximum atomic E-state index is 13.6. The zero-order valence-corrected chi connectivity index (χ0v) is 11.4. The van der Waals surface area contributed by atoms with Crippen LogP contribution in [-0.2, 0) is 0 Å². The highest BCUT2D eigenvalue weighted by molar-refractivity contribution is 6.31. The van der Waals surface area contributed by atoms with Gasteiger partial charge in [0.2, 0.25) is 0 Å². The SMILES string of the molecule is Cc1ccc(C)c(C(=O)Nc2cc(Cl)ccc2F)c1. The monoisotopic (exact) mass is 277 g/mol.